The van der Waals surface area contributed by atoms with Gasteiger partial charge >= 0.3 is 0 Å². The van der Waals surface area contributed by atoms with Gasteiger partial charge in [-0.3, -0.25) is 0 Å². The van der Waals surface area contributed by atoms with E-state index < -0.39 is 0 Å². The van der Waals surface area contributed by atoms with E-state index in [1.165, 1.54) is 12.1 Å². The summed E-state index contributed by atoms with van der Waals surface area (Å²) in [6.07, 6.45) is 0. The summed E-state index contributed by atoms with van der Waals surface area (Å²) in [5.74, 6) is 1.23. The summed E-state index contributed by atoms with van der Waals surface area (Å²) < 4.78 is 25.3. The van der Waals surface area contributed by atoms with Gasteiger partial charge in [-0.25, -0.2) is 9.07 Å². The molecule has 136 valence electrons. The van der Waals surface area contributed by atoms with Crippen molar-refractivity contribution in [3.8, 4) is 28.7 Å². The van der Waals surface area contributed by atoms with Gasteiger partial charge < -0.3 is 9.26 Å². The summed E-state index contributed by atoms with van der Waals surface area (Å²) in [7, 11) is 1.61. The Balaban J connectivity index is 1.58. The molecule has 4 aromatic rings. The molecule has 0 N–H and O–H groups in total. The van der Waals surface area contributed by atoms with Crippen molar-refractivity contribution < 1.29 is 13.7 Å². The Morgan fingerprint density at radius 2 is 1.81 bits per heavy atom. The number of ether oxygens (including phenoxy) is 1. The molecular weight excluding hydrogens is 349 g/mol. The number of methoxy groups -OCH3 is 1. The third-order valence-corrected chi connectivity index (χ3v) is 4.20. The van der Waals surface area contributed by atoms with Crippen LogP contribution in [-0.2, 0) is 6.54 Å². The minimum Gasteiger partial charge on any atom is -0.497 e. The minimum absolute atomic E-state index is 0.271. The lowest BCUT2D eigenvalue weighted by Gasteiger charge is -2.03. The average molecular weight is 365 g/mol. The van der Waals surface area contributed by atoms with Gasteiger partial charge in [0.05, 0.1) is 19.3 Å². The fourth-order valence-corrected chi connectivity index (χ4v) is 2.65. The maximum Gasteiger partial charge on any atom is 0.258 e. The highest BCUT2D eigenvalue weighted by Crippen LogP contribution is 2.24. The lowest BCUT2D eigenvalue weighted by atomic mass is 10.2. The zero-order valence-corrected chi connectivity index (χ0v) is 14.8. The number of hydrogen-bond donors (Lipinski definition) is 0. The molecule has 8 heteroatoms. The Morgan fingerprint density at radius 1 is 1.07 bits per heavy atom. The third kappa shape index (κ3) is 3.41. The van der Waals surface area contributed by atoms with E-state index in [1.807, 2.05) is 31.2 Å². The molecule has 0 saturated carbocycles. The Morgan fingerprint density at radius 3 is 2.52 bits per heavy atom. The first-order valence-corrected chi connectivity index (χ1v) is 8.27. The molecule has 0 radical (unpaired) electrons. The molecule has 0 bridgehead atoms. The van der Waals surface area contributed by atoms with Gasteiger partial charge in [0.1, 0.15) is 11.6 Å². The zero-order chi connectivity index (χ0) is 18.8. The normalized spacial score (nSPS) is 10.9. The number of aromatic nitrogens is 5. The standard InChI is InChI=1S/C19H16FN5O2/c1-12-17(22-24-25(12)11-13-3-7-15(20)8-4-13)18-21-19(27-23-18)14-5-9-16(26-2)10-6-14/h3-10H,11H2,1-2H3. The molecule has 0 aliphatic rings. The fourth-order valence-electron chi connectivity index (χ4n) is 2.65. The van der Waals surface area contributed by atoms with Gasteiger partial charge in [-0.2, -0.15) is 4.98 Å². The van der Waals surface area contributed by atoms with Crippen LogP contribution in [-0.4, -0.2) is 32.2 Å². The second kappa shape index (κ2) is 6.99. The summed E-state index contributed by atoms with van der Waals surface area (Å²) in [6.45, 7) is 2.35. The van der Waals surface area contributed by atoms with Crippen LogP contribution >= 0.6 is 0 Å². The fraction of sp³-hybridized carbons (Fsp3) is 0.158. The Bertz CT molecular complexity index is 1050. The Labute approximate surface area is 154 Å². The van der Waals surface area contributed by atoms with E-state index >= 15 is 0 Å². The number of halogens is 1. The smallest absolute Gasteiger partial charge is 0.258 e. The lowest BCUT2D eigenvalue weighted by Crippen LogP contribution is -2.04. The van der Waals surface area contributed by atoms with Gasteiger partial charge in [0.15, 0.2) is 5.69 Å². The summed E-state index contributed by atoms with van der Waals surface area (Å²) in [6, 6.07) is 13.6. The van der Waals surface area contributed by atoms with E-state index in [4.69, 9.17) is 9.26 Å². The van der Waals surface area contributed by atoms with Gasteiger partial charge in [0.25, 0.3) is 5.89 Å². The van der Waals surface area contributed by atoms with E-state index in [0.717, 1.165) is 22.6 Å². The molecule has 0 aliphatic heterocycles. The summed E-state index contributed by atoms with van der Waals surface area (Å²) >= 11 is 0. The number of benzene rings is 2. The third-order valence-electron chi connectivity index (χ3n) is 4.20. The molecule has 2 aromatic heterocycles. The predicted molar refractivity (Wildman–Crippen MR) is 95.5 cm³/mol. The molecule has 7 nitrogen and oxygen atoms in total. The molecule has 0 saturated heterocycles. The second-order valence-corrected chi connectivity index (χ2v) is 5.96. The van der Waals surface area contributed by atoms with Crippen LogP contribution in [0, 0.1) is 12.7 Å². The molecule has 27 heavy (non-hydrogen) atoms. The summed E-state index contributed by atoms with van der Waals surface area (Å²) in [4.78, 5) is 4.42. The van der Waals surface area contributed by atoms with Crippen molar-refractivity contribution in [2.45, 2.75) is 13.5 Å². The maximum absolute atomic E-state index is 13.0. The van der Waals surface area contributed by atoms with Crippen molar-refractivity contribution in [2.24, 2.45) is 0 Å². The minimum atomic E-state index is -0.271. The summed E-state index contributed by atoms with van der Waals surface area (Å²) in [5, 5.41) is 12.3. The average Bonchev–Trinajstić information content (AvgIpc) is 3.31. The topological polar surface area (TPSA) is 78.9 Å². The molecule has 0 fully saturated rings. The van der Waals surface area contributed by atoms with Crippen LogP contribution in [0.3, 0.4) is 0 Å². The molecule has 0 amide bonds. The first-order chi connectivity index (χ1) is 13.1. The van der Waals surface area contributed by atoms with E-state index in [-0.39, 0.29) is 5.82 Å². The quantitative estimate of drug-likeness (QED) is 0.539. The van der Waals surface area contributed by atoms with Crippen molar-refractivity contribution in [1.29, 1.82) is 0 Å². The Hall–Kier alpha value is -3.55. The van der Waals surface area contributed by atoms with Gasteiger partial charge in [0.2, 0.25) is 5.82 Å². The number of nitrogens with zero attached hydrogens (tertiary/aromatic N) is 5. The van der Waals surface area contributed by atoms with Crippen molar-refractivity contribution in [1.82, 2.24) is 25.1 Å². The highest BCUT2D eigenvalue weighted by molar-refractivity contribution is 5.59. The van der Waals surface area contributed by atoms with Crippen molar-refractivity contribution in [3.63, 3.8) is 0 Å². The monoisotopic (exact) mass is 365 g/mol. The largest absolute Gasteiger partial charge is 0.497 e. The molecular formula is C19H16FN5O2. The first-order valence-electron chi connectivity index (χ1n) is 8.27. The molecule has 2 aromatic carbocycles. The van der Waals surface area contributed by atoms with Crippen LogP contribution in [0.5, 0.6) is 5.75 Å². The highest BCUT2D eigenvalue weighted by atomic mass is 19.1. The van der Waals surface area contributed by atoms with Gasteiger partial charge in [-0.1, -0.05) is 22.5 Å². The molecule has 2 heterocycles. The predicted octanol–water partition coefficient (Wildman–Crippen LogP) is 3.50. The van der Waals surface area contributed by atoms with Crippen molar-refractivity contribution in [3.05, 3.63) is 65.6 Å². The first kappa shape index (κ1) is 16.9. The highest BCUT2D eigenvalue weighted by Gasteiger charge is 2.18. The van der Waals surface area contributed by atoms with Gasteiger partial charge in [0, 0.05) is 5.56 Å². The number of rotatable bonds is 5. The second-order valence-electron chi connectivity index (χ2n) is 5.96. The van der Waals surface area contributed by atoms with Gasteiger partial charge in [-0.15, -0.1) is 5.10 Å². The summed E-state index contributed by atoms with van der Waals surface area (Å²) in [5.41, 5.74) is 3.04. The van der Waals surface area contributed by atoms with Crippen LogP contribution in [0.2, 0.25) is 0 Å². The van der Waals surface area contributed by atoms with Gasteiger partial charge in [-0.05, 0) is 48.9 Å². The maximum atomic E-state index is 13.0. The van der Waals surface area contributed by atoms with Crippen LogP contribution < -0.4 is 4.74 Å². The van der Waals surface area contributed by atoms with E-state index in [2.05, 4.69) is 20.5 Å². The molecule has 0 unspecified atom stereocenters. The SMILES string of the molecule is COc1ccc(-c2nc(-c3nnn(Cc4ccc(F)cc4)c3C)no2)cc1. The van der Waals surface area contributed by atoms with Crippen molar-refractivity contribution in [2.75, 3.05) is 7.11 Å². The molecule has 0 spiro atoms. The van der Waals surface area contributed by atoms with E-state index in [0.29, 0.717) is 24.0 Å². The Kier molecular flexibility index (Phi) is 4.37. The van der Waals surface area contributed by atoms with E-state index in [1.54, 1.807) is 23.9 Å². The number of hydrogen-bond acceptors (Lipinski definition) is 6. The molecule has 0 aliphatic carbocycles. The van der Waals surface area contributed by atoms with Crippen LogP contribution in [0.1, 0.15) is 11.3 Å². The van der Waals surface area contributed by atoms with E-state index in [9.17, 15) is 4.39 Å². The van der Waals surface area contributed by atoms with Crippen LogP contribution in [0.25, 0.3) is 23.0 Å². The van der Waals surface area contributed by atoms with Crippen LogP contribution in [0.15, 0.2) is 53.1 Å². The van der Waals surface area contributed by atoms with Crippen molar-refractivity contribution >= 4 is 0 Å². The zero-order valence-electron chi connectivity index (χ0n) is 14.8. The lowest BCUT2D eigenvalue weighted by molar-refractivity contribution is 0.414. The molecule has 4 rings (SSSR count). The molecule has 0 atom stereocenters. The van der Waals surface area contributed by atoms with Crippen LogP contribution in [0.4, 0.5) is 4.39 Å².